The number of esters is 1. The SMILES string of the molecule is C=CC(O[Si](CC)(CC)CC)c1ccc(C(=O)OC)cc1. The van der Waals surface area contributed by atoms with Gasteiger partial charge in [-0.2, -0.15) is 0 Å². The van der Waals surface area contributed by atoms with Gasteiger partial charge in [0, 0.05) is 0 Å². The van der Waals surface area contributed by atoms with E-state index in [1.54, 1.807) is 12.1 Å². The van der Waals surface area contributed by atoms with Crippen molar-refractivity contribution in [3.63, 3.8) is 0 Å². The minimum Gasteiger partial charge on any atom is -0.465 e. The lowest BCUT2D eigenvalue weighted by Gasteiger charge is -2.32. The second-order valence-corrected chi connectivity index (χ2v) is 9.85. The molecule has 1 unspecified atom stereocenters. The second kappa shape index (κ2) is 8.15. The van der Waals surface area contributed by atoms with Gasteiger partial charge >= 0.3 is 5.97 Å². The summed E-state index contributed by atoms with van der Waals surface area (Å²) in [6, 6.07) is 10.7. The Morgan fingerprint density at radius 1 is 1.19 bits per heavy atom. The van der Waals surface area contributed by atoms with Gasteiger partial charge in [0.1, 0.15) is 0 Å². The zero-order valence-corrected chi connectivity index (χ0v) is 14.5. The van der Waals surface area contributed by atoms with Crippen LogP contribution in [0.2, 0.25) is 18.1 Å². The second-order valence-electron chi connectivity index (χ2n) is 5.13. The van der Waals surface area contributed by atoms with E-state index in [9.17, 15) is 4.79 Å². The highest BCUT2D eigenvalue weighted by molar-refractivity contribution is 6.73. The molecular formula is C17H26O3Si. The van der Waals surface area contributed by atoms with Gasteiger partial charge in [-0.3, -0.25) is 0 Å². The van der Waals surface area contributed by atoms with Gasteiger partial charge in [0.15, 0.2) is 8.32 Å². The smallest absolute Gasteiger partial charge is 0.337 e. The summed E-state index contributed by atoms with van der Waals surface area (Å²) in [5.74, 6) is -0.322. The van der Waals surface area contributed by atoms with Crippen molar-refractivity contribution in [2.45, 2.75) is 45.0 Å². The van der Waals surface area contributed by atoms with Crippen LogP contribution in [-0.4, -0.2) is 21.4 Å². The van der Waals surface area contributed by atoms with Gasteiger partial charge in [-0.15, -0.1) is 6.58 Å². The molecule has 1 atom stereocenters. The van der Waals surface area contributed by atoms with E-state index in [0.29, 0.717) is 5.56 Å². The molecule has 0 heterocycles. The molecule has 0 N–H and O–H groups in total. The number of rotatable bonds is 8. The molecule has 3 nitrogen and oxygen atoms in total. The predicted octanol–water partition coefficient (Wildman–Crippen LogP) is 4.72. The Bertz CT molecular complexity index is 455. The summed E-state index contributed by atoms with van der Waals surface area (Å²) in [6.07, 6.45) is 1.73. The van der Waals surface area contributed by atoms with Crippen molar-refractivity contribution < 1.29 is 14.0 Å². The van der Waals surface area contributed by atoms with Crippen LogP contribution in [0.3, 0.4) is 0 Å². The first kappa shape index (κ1) is 17.7. The van der Waals surface area contributed by atoms with Crippen molar-refractivity contribution in [3.8, 4) is 0 Å². The first-order valence-electron chi connectivity index (χ1n) is 7.54. The molecule has 21 heavy (non-hydrogen) atoms. The molecule has 0 saturated heterocycles. The summed E-state index contributed by atoms with van der Waals surface area (Å²) in [5, 5.41) is 0. The molecule has 0 aromatic heterocycles. The van der Waals surface area contributed by atoms with E-state index in [1.165, 1.54) is 7.11 Å². The molecule has 0 amide bonds. The Labute approximate surface area is 129 Å². The van der Waals surface area contributed by atoms with Gasteiger partial charge in [-0.05, 0) is 35.8 Å². The average molecular weight is 306 g/mol. The van der Waals surface area contributed by atoms with Crippen molar-refractivity contribution in [1.29, 1.82) is 0 Å². The zero-order chi connectivity index (χ0) is 15.9. The van der Waals surface area contributed by atoms with Crippen LogP contribution in [0.1, 0.15) is 42.8 Å². The fraction of sp³-hybridized carbons (Fsp3) is 0.471. The third-order valence-electron chi connectivity index (χ3n) is 4.18. The van der Waals surface area contributed by atoms with Crippen molar-refractivity contribution in [2.24, 2.45) is 0 Å². The molecule has 0 radical (unpaired) electrons. The molecule has 0 spiro atoms. The van der Waals surface area contributed by atoms with Crippen LogP contribution >= 0.6 is 0 Å². The van der Waals surface area contributed by atoms with E-state index in [-0.39, 0.29) is 12.1 Å². The van der Waals surface area contributed by atoms with E-state index in [0.717, 1.165) is 23.7 Å². The number of carbonyl (C=O) groups excluding carboxylic acids is 1. The molecule has 1 aromatic carbocycles. The van der Waals surface area contributed by atoms with Crippen LogP contribution in [0.5, 0.6) is 0 Å². The third-order valence-corrected chi connectivity index (χ3v) is 8.80. The van der Waals surface area contributed by atoms with Crippen molar-refractivity contribution >= 4 is 14.3 Å². The summed E-state index contributed by atoms with van der Waals surface area (Å²) >= 11 is 0. The van der Waals surface area contributed by atoms with Gasteiger partial charge < -0.3 is 9.16 Å². The van der Waals surface area contributed by atoms with Crippen molar-refractivity contribution in [3.05, 3.63) is 48.0 Å². The lowest BCUT2D eigenvalue weighted by Crippen LogP contribution is -2.36. The normalized spacial score (nSPS) is 12.8. The summed E-state index contributed by atoms with van der Waals surface area (Å²) in [5.41, 5.74) is 1.58. The third kappa shape index (κ3) is 4.28. The van der Waals surface area contributed by atoms with Gasteiger partial charge in [-0.1, -0.05) is 39.0 Å². The standard InChI is InChI=1S/C17H26O3Si/c1-6-16(20-21(7-2,8-3)9-4)14-10-12-15(13-11-14)17(18)19-5/h6,10-13,16H,1,7-9H2,2-5H3. The molecule has 0 saturated carbocycles. The van der Waals surface area contributed by atoms with Gasteiger partial charge in [0.2, 0.25) is 0 Å². The van der Waals surface area contributed by atoms with E-state index >= 15 is 0 Å². The Balaban J connectivity index is 2.95. The number of hydrogen-bond donors (Lipinski definition) is 0. The summed E-state index contributed by atoms with van der Waals surface area (Å²) < 4.78 is 11.2. The fourth-order valence-corrected chi connectivity index (χ4v) is 5.22. The van der Waals surface area contributed by atoms with Gasteiger partial charge in [0.05, 0.1) is 18.8 Å². The predicted molar refractivity (Wildman–Crippen MR) is 89.0 cm³/mol. The number of hydrogen-bond acceptors (Lipinski definition) is 3. The van der Waals surface area contributed by atoms with Gasteiger partial charge in [-0.25, -0.2) is 4.79 Å². The molecule has 116 valence electrons. The highest BCUT2D eigenvalue weighted by Crippen LogP contribution is 2.30. The Morgan fingerprint density at radius 3 is 2.10 bits per heavy atom. The molecule has 0 aliphatic carbocycles. The lowest BCUT2D eigenvalue weighted by molar-refractivity contribution is 0.0600. The van der Waals surface area contributed by atoms with E-state index in [4.69, 9.17) is 9.16 Å². The minimum atomic E-state index is -1.69. The van der Waals surface area contributed by atoms with E-state index in [2.05, 4.69) is 27.4 Å². The van der Waals surface area contributed by atoms with Crippen molar-refractivity contribution in [2.75, 3.05) is 7.11 Å². The average Bonchev–Trinajstić information content (AvgIpc) is 2.56. The van der Waals surface area contributed by atoms with Gasteiger partial charge in [0.25, 0.3) is 0 Å². The molecular weight excluding hydrogens is 280 g/mol. The van der Waals surface area contributed by atoms with E-state index < -0.39 is 8.32 Å². The zero-order valence-electron chi connectivity index (χ0n) is 13.5. The number of ether oxygens (including phenoxy) is 1. The summed E-state index contributed by atoms with van der Waals surface area (Å²) in [4.78, 5) is 11.5. The maximum atomic E-state index is 11.5. The topological polar surface area (TPSA) is 35.5 Å². The Kier molecular flexibility index (Phi) is 6.85. The molecule has 0 aliphatic heterocycles. The summed E-state index contributed by atoms with van der Waals surface area (Å²) in [7, 11) is -0.305. The molecule has 4 heteroatoms. The summed E-state index contributed by atoms with van der Waals surface area (Å²) in [6.45, 7) is 10.5. The van der Waals surface area contributed by atoms with Crippen LogP contribution < -0.4 is 0 Å². The highest BCUT2D eigenvalue weighted by atomic mass is 28.4. The van der Waals surface area contributed by atoms with Crippen LogP contribution in [0, 0.1) is 0 Å². The Hall–Kier alpha value is -1.39. The maximum absolute atomic E-state index is 11.5. The first-order chi connectivity index (χ1) is 10.1. The molecule has 0 aliphatic rings. The van der Waals surface area contributed by atoms with Crippen molar-refractivity contribution in [1.82, 2.24) is 0 Å². The fourth-order valence-electron chi connectivity index (χ4n) is 2.45. The molecule has 1 rings (SSSR count). The molecule has 0 fully saturated rings. The quantitative estimate of drug-likeness (QED) is 0.396. The largest absolute Gasteiger partial charge is 0.465 e. The number of benzene rings is 1. The molecule has 0 bridgehead atoms. The van der Waals surface area contributed by atoms with Crippen LogP contribution in [-0.2, 0) is 9.16 Å². The van der Waals surface area contributed by atoms with Crippen LogP contribution in [0.15, 0.2) is 36.9 Å². The first-order valence-corrected chi connectivity index (χ1v) is 10.1. The highest BCUT2D eigenvalue weighted by Gasteiger charge is 2.31. The van der Waals surface area contributed by atoms with Crippen LogP contribution in [0.4, 0.5) is 0 Å². The number of carbonyl (C=O) groups is 1. The Morgan fingerprint density at radius 2 is 1.71 bits per heavy atom. The minimum absolute atomic E-state index is 0.108. The number of methoxy groups -OCH3 is 1. The van der Waals surface area contributed by atoms with Crippen LogP contribution in [0.25, 0.3) is 0 Å². The van der Waals surface area contributed by atoms with E-state index in [1.807, 2.05) is 18.2 Å². The molecule has 1 aromatic rings. The lowest BCUT2D eigenvalue weighted by atomic mass is 10.1. The monoisotopic (exact) mass is 306 g/mol. The maximum Gasteiger partial charge on any atom is 0.337 e.